The molecule has 0 heterocycles. The van der Waals surface area contributed by atoms with Gasteiger partial charge in [-0.1, -0.05) is 90.1 Å². The van der Waals surface area contributed by atoms with Crippen molar-refractivity contribution in [2.24, 2.45) is 0 Å². The predicted octanol–water partition coefficient (Wildman–Crippen LogP) is 7.51. The van der Waals surface area contributed by atoms with Crippen LogP contribution in [0.5, 0.6) is 0 Å². The number of aryl methyl sites for hydroxylation is 1. The standard InChI is InChI=1S/C28H33NO/c1-19-17-21(27(2,3)4)13-15-23(19)24-16-14-22(28(5,6)7)18-25(24)29-26(30)20-11-9-8-10-12-20/h8-18H,1-7H3,(H,29,30). The Labute approximate surface area is 181 Å². The van der Waals surface area contributed by atoms with Crippen LogP contribution in [0.15, 0.2) is 66.7 Å². The lowest BCUT2D eigenvalue weighted by molar-refractivity contribution is 0.102. The van der Waals surface area contributed by atoms with Gasteiger partial charge >= 0.3 is 0 Å². The van der Waals surface area contributed by atoms with Crippen molar-refractivity contribution < 1.29 is 4.79 Å². The molecule has 30 heavy (non-hydrogen) atoms. The van der Waals surface area contributed by atoms with Crippen LogP contribution in [-0.2, 0) is 10.8 Å². The maximum Gasteiger partial charge on any atom is 0.255 e. The van der Waals surface area contributed by atoms with Gasteiger partial charge in [0.15, 0.2) is 0 Å². The Kier molecular flexibility index (Phi) is 5.90. The molecule has 3 aromatic rings. The number of anilines is 1. The maximum atomic E-state index is 12.9. The second kappa shape index (κ2) is 8.10. The van der Waals surface area contributed by atoms with E-state index in [-0.39, 0.29) is 16.7 Å². The molecular formula is C28H33NO. The van der Waals surface area contributed by atoms with E-state index in [9.17, 15) is 4.79 Å². The normalized spacial score (nSPS) is 12.0. The van der Waals surface area contributed by atoms with Crippen LogP contribution < -0.4 is 5.32 Å². The highest BCUT2D eigenvalue weighted by Gasteiger charge is 2.20. The summed E-state index contributed by atoms with van der Waals surface area (Å²) in [6, 6.07) is 22.4. The van der Waals surface area contributed by atoms with Crippen molar-refractivity contribution in [1.82, 2.24) is 0 Å². The molecule has 0 saturated carbocycles. The summed E-state index contributed by atoms with van der Waals surface area (Å²) in [5.41, 5.74) is 7.51. The number of hydrogen-bond acceptors (Lipinski definition) is 1. The average Bonchev–Trinajstić information content (AvgIpc) is 2.67. The first-order valence-electron chi connectivity index (χ1n) is 10.6. The monoisotopic (exact) mass is 399 g/mol. The molecule has 2 nitrogen and oxygen atoms in total. The van der Waals surface area contributed by atoms with Gasteiger partial charge in [-0.2, -0.15) is 0 Å². The first-order valence-corrected chi connectivity index (χ1v) is 10.6. The SMILES string of the molecule is Cc1cc(C(C)(C)C)ccc1-c1ccc(C(C)(C)C)cc1NC(=O)c1ccccc1. The van der Waals surface area contributed by atoms with Gasteiger partial charge < -0.3 is 5.32 Å². The van der Waals surface area contributed by atoms with Gasteiger partial charge in [0, 0.05) is 16.8 Å². The molecule has 3 aromatic carbocycles. The Morgan fingerprint density at radius 2 is 1.23 bits per heavy atom. The minimum atomic E-state index is -0.0909. The summed E-state index contributed by atoms with van der Waals surface area (Å²) < 4.78 is 0. The molecule has 0 radical (unpaired) electrons. The van der Waals surface area contributed by atoms with Gasteiger partial charge in [0.05, 0.1) is 0 Å². The number of carbonyl (C=O) groups is 1. The molecule has 0 fully saturated rings. The van der Waals surface area contributed by atoms with Crippen LogP contribution in [-0.4, -0.2) is 5.91 Å². The van der Waals surface area contributed by atoms with Crippen molar-refractivity contribution in [1.29, 1.82) is 0 Å². The second-order valence-electron chi connectivity index (χ2n) is 10.1. The van der Waals surface area contributed by atoms with E-state index in [1.165, 1.54) is 16.7 Å². The molecule has 0 atom stereocenters. The predicted molar refractivity (Wildman–Crippen MR) is 128 cm³/mol. The molecule has 0 spiro atoms. The average molecular weight is 400 g/mol. The number of hydrogen-bond donors (Lipinski definition) is 1. The minimum absolute atomic E-state index is 0.00408. The Bertz CT molecular complexity index is 1050. The molecule has 0 saturated heterocycles. The third-order valence-electron chi connectivity index (χ3n) is 5.55. The Balaban J connectivity index is 2.09. The van der Waals surface area contributed by atoms with Crippen molar-refractivity contribution >= 4 is 11.6 Å². The van der Waals surface area contributed by atoms with E-state index in [0.717, 1.165) is 16.8 Å². The molecule has 0 aromatic heterocycles. The lowest BCUT2D eigenvalue weighted by Gasteiger charge is -2.24. The highest BCUT2D eigenvalue weighted by atomic mass is 16.1. The summed E-state index contributed by atoms with van der Waals surface area (Å²) in [5.74, 6) is -0.0909. The molecule has 0 unspecified atom stereocenters. The Hall–Kier alpha value is -2.87. The van der Waals surface area contributed by atoms with Gasteiger partial charge in [-0.3, -0.25) is 4.79 Å². The summed E-state index contributed by atoms with van der Waals surface area (Å²) in [6.45, 7) is 15.4. The van der Waals surface area contributed by atoms with Crippen molar-refractivity contribution in [3.8, 4) is 11.1 Å². The molecule has 0 aliphatic carbocycles. The quantitative estimate of drug-likeness (QED) is 0.485. The molecule has 0 aliphatic heterocycles. The third-order valence-corrected chi connectivity index (χ3v) is 5.55. The maximum absolute atomic E-state index is 12.9. The summed E-state index contributed by atoms with van der Waals surface area (Å²) in [6.07, 6.45) is 0. The topological polar surface area (TPSA) is 29.1 Å². The zero-order valence-corrected chi connectivity index (χ0v) is 19.3. The van der Waals surface area contributed by atoms with Crippen molar-refractivity contribution in [3.05, 3.63) is 89.0 Å². The van der Waals surface area contributed by atoms with E-state index in [4.69, 9.17) is 0 Å². The third kappa shape index (κ3) is 4.81. The molecule has 0 aliphatic rings. The van der Waals surface area contributed by atoms with Gasteiger partial charge in [0.1, 0.15) is 0 Å². The highest BCUT2D eigenvalue weighted by molar-refractivity contribution is 6.06. The molecule has 156 valence electrons. The van der Waals surface area contributed by atoms with Crippen molar-refractivity contribution in [3.63, 3.8) is 0 Å². The first kappa shape index (κ1) is 21.8. The number of rotatable bonds is 3. The highest BCUT2D eigenvalue weighted by Crippen LogP contribution is 2.36. The minimum Gasteiger partial charge on any atom is -0.321 e. The van der Waals surface area contributed by atoms with Crippen molar-refractivity contribution in [2.75, 3.05) is 5.32 Å². The van der Waals surface area contributed by atoms with Crippen LogP contribution >= 0.6 is 0 Å². The second-order valence-corrected chi connectivity index (χ2v) is 10.1. The van der Waals surface area contributed by atoms with E-state index >= 15 is 0 Å². The fourth-order valence-corrected chi connectivity index (χ4v) is 3.57. The number of benzene rings is 3. The van der Waals surface area contributed by atoms with E-state index in [1.54, 1.807) is 0 Å². The lowest BCUT2D eigenvalue weighted by Crippen LogP contribution is -2.16. The number of carbonyl (C=O) groups excluding carboxylic acids is 1. The van der Waals surface area contributed by atoms with Gasteiger partial charge in [-0.15, -0.1) is 0 Å². The van der Waals surface area contributed by atoms with Crippen LogP contribution in [0.1, 0.15) is 68.6 Å². The van der Waals surface area contributed by atoms with Gasteiger partial charge in [-0.25, -0.2) is 0 Å². The Morgan fingerprint density at radius 1 is 0.700 bits per heavy atom. The summed E-state index contributed by atoms with van der Waals surface area (Å²) in [4.78, 5) is 12.9. The Morgan fingerprint density at radius 3 is 1.77 bits per heavy atom. The van der Waals surface area contributed by atoms with E-state index in [0.29, 0.717) is 5.56 Å². The van der Waals surface area contributed by atoms with Crippen LogP contribution in [0.25, 0.3) is 11.1 Å². The largest absolute Gasteiger partial charge is 0.321 e. The summed E-state index contributed by atoms with van der Waals surface area (Å²) in [7, 11) is 0. The smallest absolute Gasteiger partial charge is 0.255 e. The van der Waals surface area contributed by atoms with Crippen LogP contribution in [0.4, 0.5) is 5.69 Å². The summed E-state index contributed by atoms with van der Waals surface area (Å²) in [5, 5.41) is 3.17. The zero-order valence-electron chi connectivity index (χ0n) is 19.3. The molecule has 1 N–H and O–H groups in total. The number of amides is 1. The van der Waals surface area contributed by atoms with Gasteiger partial charge in [-0.05, 0) is 58.2 Å². The molecule has 2 heteroatoms. The first-order chi connectivity index (χ1) is 14.0. The van der Waals surface area contributed by atoms with Crippen LogP contribution in [0.2, 0.25) is 0 Å². The van der Waals surface area contributed by atoms with Gasteiger partial charge in [0.25, 0.3) is 5.91 Å². The van der Waals surface area contributed by atoms with E-state index in [1.807, 2.05) is 30.3 Å². The van der Waals surface area contributed by atoms with E-state index in [2.05, 4.69) is 90.2 Å². The fourth-order valence-electron chi connectivity index (χ4n) is 3.57. The molecule has 3 rings (SSSR count). The lowest BCUT2D eigenvalue weighted by atomic mass is 9.83. The number of nitrogens with one attached hydrogen (secondary N) is 1. The zero-order chi connectivity index (χ0) is 22.1. The molecule has 1 amide bonds. The van der Waals surface area contributed by atoms with Crippen LogP contribution in [0.3, 0.4) is 0 Å². The molecule has 0 bridgehead atoms. The fraction of sp³-hybridized carbons (Fsp3) is 0.321. The molecular weight excluding hydrogens is 366 g/mol. The van der Waals surface area contributed by atoms with E-state index < -0.39 is 0 Å². The van der Waals surface area contributed by atoms with Crippen LogP contribution in [0, 0.1) is 6.92 Å². The van der Waals surface area contributed by atoms with Crippen molar-refractivity contribution in [2.45, 2.75) is 59.3 Å². The summed E-state index contributed by atoms with van der Waals surface area (Å²) >= 11 is 0. The van der Waals surface area contributed by atoms with Gasteiger partial charge in [0.2, 0.25) is 0 Å².